The van der Waals surface area contributed by atoms with Gasteiger partial charge in [-0.1, -0.05) is 32.9 Å². The first-order valence-electron chi connectivity index (χ1n) is 17.9. The average Bonchev–Trinajstić information content (AvgIpc) is 3.66. The molecule has 2 saturated heterocycles. The highest BCUT2D eigenvalue weighted by atomic mass is 16.2. The number of amides is 4. The van der Waals surface area contributed by atoms with Crippen molar-refractivity contribution in [1.29, 1.82) is 5.26 Å². The number of rotatable bonds is 7. The molecule has 0 radical (unpaired) electrons. The molecule has 3 aliphatic heterocycles. The summed E-state index contributed by atoms with van der Waals surface area (Å²) in [6.45, 7) is 11.0. The number of nitrogens with one attached hydrogen (secondary N) is 3. The van der Waals surface area contributed by atoms with Crippen molar-refractivity contribution < 1.29 is 24.0 Å². The summed E-state index contributed by atoms with van der Waals surface area (Å²) in [7, 11) is 0. The Labute approximate surface area is 300 Å². The highest BCUT2D eigenvalue weighted by molar-refractivity contribution is 6.25. The second-order valence-corrected chi connectivity index (χ2v) is 14.5. The molecule has 4 aromatic rings. The molecular formula is C40H39N7O5. The van der Waals surface area contributed by atoms with Gasteiger partial charge in [-0.2, -0.15) is 5.26 Å². The number of aromatic nitrogens is 1. The van der Waals surface area contributed by atoms with E-state index in [0.29, 0.717) is 23.4 Å². The molecule has 1 unspecified atom stereocenters. The Balaban J connectivity index is 0.948. The number of hydrogen-bond acceptors (Lipinski definition) is 9. The van der Waals surface area contributed by atoms with Gasteiger partial charge in [0.15, 0.2) is 5.78 Å². The molecule has 0 bridgehead atoms. The number of carbonyl (C=O) groups excluding carboxylic acids is 5. The first-order valence-corrected chi connectivity index (χ1v) is 17.9. The van der Waals surface area contributed by atoms with Crippen LogP contribution in [0.3, 0.4) is 0 Å². The standard InChI is InChI=1S/C40H39N7O5/c1-4-23-19-26-27(40(2,3)36-34(35(26)49)24-9-8-22(21-41)18-29(24)43-36)20-31(23)46-16-14-45(15-17-46)13-12-42-28-7-5-6-25-33(28)39(52)47(38(25)51)30-10-11-32(48)44-37(30)50/h5-9,18-20,30,42-43H,4,10-17H2,1-3H3,(H,44,48,50). The molecule has 1 aromatic heterocycles. The fourth-order valence-electron chi connectivity index (χ4n) is 8.38. The van der Waals surface area contributed by atoms with E-state index in [1.807, 2.05) is 12.1 Å². The van der Waals surface area contributed by atoms with Gasteiger partial charge in [-0.15, -0.1) is 0 Å². The van der Waals surface area contributed by atoms with Gasteiger partial charge in [-0.25, -0.2) is 0 Å². The number of ketones is 1. The van der Waals surface area contributed by atoms with Gasteiger partial charge in [-0.3, -0.25) is 39.1 Å². The molecule has 52 heavy (non-hydrogen) atoms. The summed E-state index contributed by atoms with van der Waals surface area (Å²) < 4.78 is 0. The van der Waals surface area contributed by atoms with Gasteiger partial charge >= 0.3 is 0 Å². The number of benzene rings is 3. The Morgan fingerprint density at radius 1 is 0.942 bits per heavy atom. The molecule has 2 fully saturated rings. The number of aromatic amines is 1. The van der Waals surface area contributed by atoms with Crippen molar-refractivity contribution in [3.8, 4) is 6.07 Å². The second kappa shape index (κ2) is 12.5. The summed E-state index contributed by atoms with van der Waals surface area (Å²) >= 11 is 0. The molecule has 264 valence electrons. The summed E-state index contributed by atoms with van der Waals surface area (Å²) in [5, 5.41) is 15.9. The molecular weight excluding hydrogens is 658 g/mol. The second-order valence-electron chi connectivity index (χ2n) is 14.5. The number of piperazine rings is 1. The van der Waals surface area contributed by atoms with E-state index < -0.39 is 35.1 Å². The number of nitrogens with zero attached hydrogens (tertiary/aromatic N) is 4. The third kappa shape index (κ3) is 5.18. The summed E-state index contributed by atoms with van der Waals surface area (Å²) in [5.74, 6) is -2.07. The van der Waals surface area contributed by atoms with Crippen molar-refractivity contribution >= 4 is 51.7 Å². The van der Waals surface area contributed by atoms with Gasteiger partial charge in [0.05, 0.1) is 28.3 Å². The van der Waals surface area contributed by atoms with Crippen LogP contribution in [-0.2, 0) is 21.4 Å². The fourth-order valence-corrected chi connectivity index (χ4v) is 8.38. The lowest BCUT2D eigenvalue weighted by Crippen LogP contribution is -2.54. The van der Waals surface area contributed by atoms with Crippen LogP contribution in [0.2, 0.25) is 0 Å². The quantitative estimate of drug-likeness (QED) is 0.242. The van der Waals surface area contributed by atoms with Gasteiger partial charge < -0.3 is 15.2 Å². The number of aryl methyl sites for hydroxylation is 1. The van der Waals surface area contributed by atoms with Crippen LogP contribution in [0, 0.1) is 11.3 Å². The van der Waals surface area contributed by atoms with E-state index in [9.17, 15) is 29.2 Å². The first-order chi connectivity index (χ1) is 25.0. The van der Waals surface area contributed by atoms with E-state index in [1.54, 1.807) is 24.3 Å². The van der Waals surface area contributed by atoms with Crippen LogP contribution in [-0.4, -0.2) is 89.5 Å². The van der Waals surface area contributed by atoms with E-state index in [2.05, 4.69) is 64.4 Å². The number of carbonyl (C=O) groups is 5. The number of imide groups is 2. The van der Waals surface area contributed by atoms with Gasteiger partial charge in [0, 0.05) is 84.6 Å². The van der Waals surface area contributed by atoms with Crippen LogP contribution >= 0.6 is 0 Å². The highest BCUT2D eigenvalue weighted by Crippen LogP contribution is 2.46. The highest BCUT2D eigenvalue weighted by Gasteiger charge is 2.46. The van der Waals surface area contributed by atoms with Crippen molar-refractivity contribution in [2.24, 2.45) is 0 Å². The number of anilines is 2. The van der Waals surface area contributed by atoms with Crippen molar-refractivity contribution in [1.82, 2.24) is 20.1 Å². The Morgan fingerprint density at radius 2 is 1.73 bits per heavy atom. The van der Waals surface area contributed by atoms with Crippen LogP contribution in [0.15, 0.2) is 48.5 Å². The number of fused-ring (bicyclic) bond motifs is 5. The third-order valence-corrected chi connectivity index (χ3v) is 11.2. The van der Waals surface area contributed by atoms with Crippen molar-refractivity contribution in [2.45, 2.75) is 51.5 Å². The van der Waals surface area contributed by atoms with Gasteiger partial charge in [0.1, 0.15) is 6.04 Å². The maximum Gasteiger partial charge on any atom is 0.264 e. The minimum atomic E-state index is -1.01. The molecule has 12 heteroatoms. The summed E-state index contributed by atoms with van der Waals surface area (Å²) in [6, 6.07) is 16.0. The van der Waals surface area contributed by atoms with Crippen LogP contribution in [0.4, 0.5) is 11.4 Å². The molecule has 12 nitrogen and oxygen atoms in total. The number of nitriles is 1. The maximum absolute atomic E-state index is 14.1. The number of hydrogen-bond donors (Lipinski definition) is 3. The van der Waals surface area contributed by atoms with Crippen LogP contribution in [0.1, 0.15) is 92.6 Å². The molecule has 0 spiro atoms. The largest absolute Gasteiger partial charge is 0.383 e. The predicted octanol–water partition coefficient (Wildman–Crippen LogP) is 4.11. The van der Waals surface area contributed by atoms with Crippen molar-refractivity contribution in [2.75, 3.05) is 49.5 Å². The SMILES string of the molecule is CCc1cc2c(cc1N1CCN(CCNc3cccc4c3C(=O)N(C3CCC(=O)NC3=O)C4=O)CC1)C(C)(C)c1[nH]c3cc(C#N)ccc3c1C2=O. The Bertz CT molecular complexity index is 2270. The van der Waals surface area contributed by atoms with Crippen molar-refractivity contribution in [3.63, 3.8) is 0 Å². The minimum Gasteiger partial charge on any atom is -0.383 e. The van der Waals surface area contributed by atoms with Crippen LogP contribution in [0.25, 0.3) is 10.9 Å². The molecule has 1 atom stereocenters. The van der Waals surface area contributed by atoms with Gasteiger partial charge in [0.2, 0.25) is 11.8 Å². The number of piperidine rings is 1. The fraction of sp³-hybridized carbons (Fsp3) is 0.350. The number of H-pyrrole nitrogens is 1. The maximum atomic E-state index is 14.1. The van der Waals surface area contributed by atoms with E-state index in [0.717, 1.165) is 83.0 Å². The van der Waals surface area contributed by atoms with E-state index in [1.165, 1.54) is 0 Å². The molecule has 4 heterocycles. The Hall–Kier alpha value is -5.80. The minimum absolute atomic E-state index is 0.0117. The zero-order valence-electron chi connectivity index (χ0n) is 29.4. The summed E-state index contributed by atoms with van der Waals surface area (Å²) in [4.78, 5) is 74.1. The van der Waals surface area contributed by atoms with Crippen molar-refractivity contribution in [3.05, 3.63) is 93.2 Å². The zero-order valence-corrected chi connectivity index (χ0v) is 29.4. The first kappa shape index (κ1) is 33.3. The topological polar surface area (TPSA) is 159 Å². The normalized spacial score (nSPS) is 19.7. The Kier molecular flexibility index (Phi) is 7.99. The molecule has 8 rings (SSSR count). The van der Waals surface area contributed by atoms with Crippen LogP contribution < -0.4 is 15.5 Å². The smallest absolute Gasteiger partial charge is 0.264 e. The molecule has 4 aliphatic rings. The van der Waals surface area contributed by atoms with E-state index >= 15 is 0 Å². The molecule has 3 aromatic carbocycles. The monoisotopic (exact) mass is 697 g/mol. The Morgan fingerprint density at radius 3 is 2.46 bits per heavy atom. The summed E-state index contributed by atoms with van der Waals surface area (Å²) in [5.41, 5.74) is 7.53. The average molecular weight is 698 g/mol. The third-order valence-electron chi connectivity index (χ3n) is 11.2. The van der Waals surface area contributed by atoms with Crippen LogP contribution in [0.5, 0.6) is 0 Å². The molecule has 0 saturated carbocycles. The van der Waals surface area contributed by atoms with E-state index in [4.69, 9.17) is 0 Å². The molecule has 4 amide bonds. The van der Waals surface area contributed by atoms with Gasteiger partial charge in [-0.05, 0) is 60.4 Å². The predicted molar refractivity (Wildman–Crippen MR) is 195 cm³/mol. The lowest BCUT2D eigenvalue weighted by Gasteiger charge is -2.39. The zero-order chi connectivity index (χ0) is 36.5. The lowest BCUT2D eigenvalue weighted by atomic mass is 9.70. The lowest BCUT2D eigenvalue weighted by molar-refractivity contribution is -0.136. The summed E-state index contributed by atoms with van der Waals surface area (Å²) in [6.07, 6.45) is 0.974. The molecule has 1 aliphatic carbocycles. The van der Waals surface area contributed by atoms with Gasteiger partial charge in [0.25, 0.3) is 11.8 Å². The van der Waals surface area contributed by atoms with E-state index in [-0.39, 0.29) is 29.8 Å². The molecule has 3 N–H and O–H groups in total.